The predicted molar refractivity (Wildman–Crippen MR) is 66.5 cm³/mol. The van der Waals surface area contributed by atoms with Gasteiger partial charge < -0.3 is 22.1 Å². The molecule has 0 unspecified atom stereocenters. The number of nitrogens with two attached hydrogens (primary N) is 2. The quantitative estimate of drug-likeness (QED) is 0.556. The van der Waals surface area contributed by atoms with Crippen molar-refractivity contribution in [1.82, 2.24) is 5.32 Å². The van der Waals surface area contributed by atoms with Gasteiger partial charge in [-0.25, -0.2) is 4.39 Å². The van der Waals surface area contributed by atoms with Gasteiger partial charge in [0.05, 0.1) is 11.3 Å². The summed E-state index contributed by atoms with van der Waals surface area (Å²) in [4.78, 5) is 22.0. The Kier molecular flexibility index (Phi) is 4.47. The largest absolute Gasteiger partial charge is 0.398 e. The third kappa shape index (κ3) is 3.34. The van der Waals surface area contributed by atoms with Gasteiger partial charge >= 0.3 is 0 Å². The minimum atomic E-state index is -0.734. The molecule has 0 aliphatic carbocycles. The molecule has 0 saturated heterocycles. The van der Waals surface area contributed by atoms with Gasteiger partial charge in [0.15, 0.2) is 0 Å². The summed E-state index contributed by atoms with van der Waals surface area (Å²) in [5, 5.41) is 5.14. The molecule has 0 fully saturated rings. The summed E-state index contributed by atoms with van der Waals surface area (Å²) in [7, 11) is 1.51. The molecule has 0 aliphatic heterocycles. The highest BCUT2D eigenvalue weighted by atomic mass is 19.1. The van der Waals surface area contributed by atoms with Crippen LogP contribution in [-0.4, -0.2) is 25.4 Å². The van der Waals surface area contributed by atoms with Crippen LogP contribution in [0.5, 0.6) is 0 Å². The SMILES string of the molecule is CNC(=O)CCNc1cc(C(N)=O)c(N)cc1F. The maximum Gasteiger partial charge on any atom is 0.250 e. The van der Waals surface area contributed by atoms with E-state index in [1.54, 1.807) is 0 Å². The molecule has 7 heteroatoms. The summed E-state index contributed by atoms with van der Waals surface area (Å²) in [6, 6.07) is 2.25. The van der Waals surface area contributed by atoms with Crippen molar-refractivity contribution in [2.24, 2.45) is 5.73 Å². The first-order chi connectivity index (χ1) is 8.45. The molecule has 6 nitrogen and oxygen atoms in total. The van der Waals surface area contributed by atoms with Gasteiger partial charge in [-0.05, 0) is 12.1 Å². The molecule has 98 valence electrons. The van der Waals surface area contributed by atoms with Crippen LogP contribution in [0.25, 0.3) is 0 Å². The third-order valence-corrected chi connectivity index (χ3v) is 2.35. The molecule has 1 aromatic rings. The first-order valence-corrected chi connectivity index (χ1v) is 5.29. The Morgan fingerprint density at radius 3 is 2.61 bits per heavy atom. The summed E-state index contributed by atoms with van der Waals surface area (Å²) in [6.07, 6.45) is 0.187. The lowest BCUT2D eigenvalue weighted by atomic mass is 10.1. The van der Waals surface area contributed by atoms with E-state index in [0.29, 0.717) is 0 Å². The van der Waals surface area contributed by atoms with Crippen LogP contribution < -0.4 is 22.1 Å². The topological polar surface area (TPSA) is 110 Å². The number of carbonyl (C=O) groups is 2. The first kappa shape index (κ1) is 13.8. The van der Waals surface area contributed by atoms with Crippen LogP contribution in [0.15, 0.2) is 12.1 Å². The fourth-order valence-corrected chi connectivity index (χ4v) is 1.37. The average Bonchev–Trinajstić information content (AvgIpc) is 2.31. The molecule has 0 spiro atoms. The zero-order valence-electron chi connectivity index (χ0n) is 9.92. The summed E-state index contributed by atoms with van der Waals surface area (Å²) in [6.45, 7) is 0.235. The van der Waals surface area contributed by atoms with Crippen molar-refractivity contribution in [3.8, 4) is 0 Å². The molecule has 0 aliphatic rings. The van der Waals surface area contributed by atoms with Gasteiger partial charge in [-0.3, -0.25) is 9.59 Å². The van der Waals surface area contributed by atoms with E-state index in [-0.39, 0.29) is 35.8 Å². The maximum absolute atomic E-state index is 13.5. The highest BCUT2D eigenvalue weighted by Gasteiger charge is 2.11. The Bertz CT molecular complexity index is 476. The van der Waals surface area contributed by atoms with Gasteiger partial charge in [0.1, 0.15) is 5.82 Å². The number of amides is 2. The molecule has 0 radical (unpaired) electrons. The van der Waals surface area contributed by atoms with E-state index >= 15 is 0 Å². The molecule has 1 aromatic carbocycles. The lowest BCUT2D eigenvalue weighted by Crippen LogP contribution is -2.21. The monoisotopic (exact) mass is 254 g/mol. The molecule has 1 rings (SSSR count). The minimum Gasteiger partial charge on any atom is -0.398 e. The van der Waals surface area contributed by atoms with Crippen molar-refractivity contribution >= 4 is 23.2 Å². The first-order valence-electron chi connectivity index (χ1n) is 5.29. The predicted octanol–water partition coefficient (Wildman–Crippen LogP) is 0.0548. The number of anilines is 2. The van der Waals surface area contributed by atoms with Crippen LogP contribution >= 0.6 is 0 Å². The number of nitrogen functional groups attached to an aromatic ring is 1. The molecular formula is C11H15FN4O2. The normalized spacial score (nSPS) is 9.89. The van der Waals surface area contributed by atoms with Gasteiger partial charge in [0.2, 0.25) is 5.91 Å². The number of primary amides is 1. The van der Waals surface area contributed by atoms with Crippen LogP contribution in [-0.2, 0) is 4.79 Å². The highest BCUT2D eigenvalue weighted by Crippen LogP contribution is 2.21. The molecule has 18 heavy (non-hydrogen) atoms. The van der Waals surface area contributed by atoms with Crippen molar-refractivity contribution in [3.63, 3.8) is 0 Å². The molecule has 0 bridgehead atoms. The number of hydrogen-bond acceptors (Lipinski definition) is 4. The van der Waals surface area contributed by atoms with E-state index in [2.05, 4.69) is 10.6 Å². The third-order valence-electron chi connectivity index (χ3n) is 2.35. The van der Waals surface area contributed by atoms with Crippen LogP contribution in [0.4, 0.5) is 15.8 Å². The standard InChI is InChI=1S/C11H15FN4O2/c1-15-10(17)2-3-16-9-4-6(11(14)18)8(13)5-7(9)12/h4-5,16H,2-3,13H2,1H3,(H2,14,18)(H,15,17). The van der Waals surface area contributed by atoms with Crippen LogP contribution in [0.1, 0.15) is 16.8 Å². The van der Waals surface area contributed by atoms with Crippen LogP contribution in [0, 0.1) is 5.82 Å². The van der Waals surface area contributed by atoms with Crippen molar-refractivity contribution in [1.29, 1.82) is 0 Å². The second kappa shape index (κ2) is 5.85. The molecule has 0 saturated carbocycles. The molecular weight excluding hydrogens is 239 g/mol. The fraction of sp³-hybridized carbons (Fsp3) is 0.273. The second-order valence-electron chi connectivity index (χ2n) is 3.63. The van der Waals surface area contributed by atoms with E-state index in [1.807, 2.05) is 0 Å². The number of hydrogen-bond donors (Lipinski definition) is 4. The van der Waals surface area contributed by atoms with Gasteiger partial charge in [0.25, 0.3) is 5.91 Å². The Morgan fingerprint density at radius 1 is 1.39 bits per heavy atom. The number of rotatable bonds is 5. The second-order valence-corrected chi connectivity index (χ2v) is 3.63. The summed E-state index contributed by atoms with van der Waals surface area (Å²) >= 11 is 0. The van der Waals surface area contributed by atoms with Gasteiger partial charge in [-0.2, -0.15) is 0 Å². The van der Waals surface area contributed by atoms with E-state index < -0.39 is 11.7 Å². The zero-order valence-corrected chi connectivity index (χ0v) is 9.92. The fourth-order valence-electron chi connectivity index (χ4n) is 1.37. The van der Waals surface area contributed by atoms with Crippen molar-refractivity contribution in [2.75, 3.05) is 24.6 Å². The maximum atomic E-state index is 13.5. The van der Waals surface area contributed by atoms with Crippen LogP contribution in [0.2, 0.25) is 0 Å². The number of nitrogens with one attached hydrogen (secondary N) is 2. The lowest BCUT2D eigenvalue weighted by Gasteiger charge is -2.10. The average molecular weight is 254 g/mol. The minimum absolute atomic E-state index is 0.0168. The van der Waals surface area contributed by atoms with E-state index in [0.717, 1.165) is 6.07 Å². The molecule has 2 amide bonds. The Labute approximate surface area is 104 Å². The summed E-state index contributed by atoms with van der Waals surface area (Å²) in [5.41, 5.74) is 10.7. The molecule has 0 heterocycles. The Balaban J connectivity index is 2.79. The molecule has 0 atom stereocenters. The number of halogens is 1. The van der Waals surface area contributed by atoms with Crippen molar-refractivity contribution < 1.29 is 14.0 Å². The lowest BCUT2D eigenvalue weighted by molar-refractivity contribution is -0.120. The highest BCUT2D eigenvalue weighted by molar-refractivity contribution is 5.99. The van der Waals surface area contributed by atoms with E-state index in [1.165, 1.54) is 13.1 Å². The Hall–Kier alpha value is -2.31. The smallest absolute Gasteiger partial charge is 0.250 e. The molecule has 0 aromatic heterocycles. The van der Waals surface area contributed by atoms with Gasteiger partial charge in [-0.1, -0.05) is 0 Å². The van der Waals surface area contributed by atoms with Gasteiger partial charge in [-0.15, -0.1) is 0 Å². The zero-order chi connectivity index (χ0) is 13.7. The summed E-state index contributed by atoms with van der Waals surface area (Å²) < 4.78 is 13.5. The number of benzene rings is 1. The van der Waals surface area contributed by atoms with E-state index in [9.17, 15) is 14.0 Å². The number of carbonyl (C=O) groups excluding carboxylic acids is 2. The Morgan fingerprint density at radius 2 is 2.06 bits per heavy atom. The van der Waals surface area contributed by atoms with Gasteiger partial charge in [0, 0.05) is 25.7 Å². The summed E-state index contributed by atoms with van der Waals surface area (Å²) in [5.74, 6) is -1.51. The van der Waals surface area contributed by atoms with Crippen molar-refractivity contribution in [3.05, 3.63) is 23.5 Å². The van der Waals surface area contributed by atoms with Crippen LogP contribution in [0.3, 0.4) is 0 Å². The van der Waals surface area contributed by atoms with Crippen molar-refractivity contribution in [2.45, 2.75) is 6.42 Å². The molecule has 6 N–H and O–H groups in total. The van der Waals surface area contributed by atoms with E-state index in [4.69, 9.17) is 11.5 Å².